The van der Waals surface area contributed by atoms with Gasteiger partial charge in [0.15, 0.2) is 0 Å². The van der Waals surface area contributed by atoms with E-state index in [0.717, 1.165) is 38.5 Å². The number of ether oxygens (including phenoxy) is 1. The zero-order valence-corrected chi connectivity index (χ0v) is 20.4. The number of hydrogen-bond donors (Lipinski definition) is 3. The molecule has 3 N–H and O–H groups in total. The molecule has 186 valence electrons. The Hall–Kier alpha value is -2.02. The quantitative estimate of drug-likeness (QED) is 0.127. The van der Waals surface area contributed by atoms with Crippen molar-refractivity contribution in [1.29, 1.82) is 0 Å². The third-order valence-corrected chi connectivity index (χ3v) is 4.47. The van der Waals surface area contributed by atoms with Gasteiger partial charge >= 0.3 is 13.8 Å². The SMILES string of the molecule is CC/C=C\C/C=C\C/C=C\C/C=C\C/C=C\C/C=C\CCC(=O)OC[C@@H](O)COP(=O)(O)O. The van der Waals surface area contributed by atoms with Crippen LogP contribution in [0.2, 0.25) is 0 Å². The van der Waals surface area contributed by atoms with Gasteiger partial charge < -0.3 is 19.6 Å². The molecule has 0 aromatic heterocycles. The second-order valence-electron chi connectivity index (χ2n) is 7.08. The van der Waals surface area contributed by atoms with Gasteiger partial charge in [0.1, 0.15) is 12.7 Å². The maximum absolute atomic E-state index is 11.5. The van der Waals surface area contributed by atoms with Crippen LogP contribution >= 0.6 is 7.82 Å². The van der Waals surface area contributed by atoms with Crippen LogP contribution in [0.5, 0.6) is 0 Å². The topological polar surface area (TPSA) is 113 Å². The lowest BCUT2D eigenvalue weighted by Crippen LogP contribution is -2.23. The number of phosphoric ester groups is 1. The van der Waals surface area contributed by atoms with Gasteiger partial charge in [-0.3, -0.25) is 9.32 Å². The molecule has 0 heterocycles. The van der Waals surface area contributed by atoms with Crippen LogP contribution in [0.4, 0.5) is 0 Å². The van der Waals surface area contributed by atoms with E-state index in [0.29, 0.717) is 6.42 Å². The van der Waals surface area contributed by atoms with Crippen LogP contribution in [0, 0.1) is 0 Å². The molecule has 7 nitrogen and oxygen atoms in total. The van der Waals surface area contributed by atoms with Gasteiger partial charge in [0.25, 0.3) is 0 Å². The fourth-order valence-corrected chi connectivity index (χ4v) is 2.70. The van der Waals surface area contributed by atoms with E-state index in [4.69, 9.17) is 14.5 Å². The Balaban J connectivity index is 3.67. The Morgan fingerprint density at radius 1 is 0.758 bits per heavy atom. The molecule has 0 aliphatic carbocycles. The molecular weight excluding hydrogens is 443 g/mol. The lowest BCUT2D eigenvalue weighted by atomic mass is 10.2. The van der Waals surface area contributed by atoms with Crippen molar-refractivity contribution in [2.75, 3.05) is 13.2 Å². The molecule has 0 saturated carbocycles. The molecule has 0 aliphatic rings. The molecule has 1 atom stereocenters. The largest absolute Gasteiger partial charge is 0.469 e. The molecule has 0 spiro atoms. The fourth-order valence-electron chi connectivity index (χ4n) is 2.33. The number of aliphatic hydroxyl groups excluding tert-OH is 1. The first kappa shape index (κ1) is 31.0. The van der Waals surface area contributed by atoms with Crippen LogP contribution in [0.1, 0.15) is 58.3 Å². The first-order chi connectivity index (χ1) is 15.8. The van der Waals surface area contributed by atoms with Crippen LogP contribution in [0.15, 0.2) is 72.9 Å². The Bertz CT molecular complexity index is 714. The third-order valence-electron chi connectivity index (χ3n) is 3.98. The number of aliphatic hydroxyl groups is 1. The van der Waals surface area contributed by atoms with Crippen molar-refractivity contribution in [3.8, 4) is 0 Å². The van der Waals surface area contributed by atoms with Crippen molar-refractivity contribution in [3.63, 3.8) is 0 Å². The van der Waals surface area contributed by atoms with Crippen LogP contribution in [-0.4, -0.2) is 40.2 Å². The molecule has 0 aromatic rings. The van der Waals surface area contributed by atoms with E-state index < -0.39 is 26.5 Å². The third kappa shape index (κ3) is 26.1. The smallest absolute Gasteiger partial charge is 0.463 e. The van der Waals surface area contributed by atoms with E-state index in [-0.39, 0.29) is 13.0 Å². The van der Waals surface area contributed by atoms with Crippen molar-refractivity contribution in [2.24, 2.45) is 0 Å². The zero-order chi connectivity index (χ0) is 24.6. The number of carbonyl (C=O) groups is 1. The van der Waals surface area contributed by atoms with Gasteiger partial charge in [-0.1, -0.05) is 79.8 Å². The summed E-state index contributed by atoms with van der Waals surface area (Å²) in [4.78, 5) is 28.6. The average Bonchev–Trinajstić information content (AvgIpc) is 2.77. The molecule has 0 unspecified atom stereocenters. The lowest BCUT2D eigenvalue weighted by molar-refractivity contribution is -0.147. The Kier molecular flexibility index (Phi) is 20.5. The second kappa shape index (κ2) is 21.8. The maximum Gasteiger partial charge on any atom is 0.469 e. The van der Waals surface area contributed by atoms with E-state index in [9.17, 15) is 14.5 Å². The van der Waals surface area contributed by atoms with Crippen molar-refractivity contribution >= 4 is 13.8 Å². The van der Waals surface area contributed by atoms with Crippen molar-refractivity contribution < 1.29 is 33.5 Å². The number of esters is 1. The number of hydrogen-bond acceptors (Lipinski definition) is 5. The van der Waals surface area contributed by atoms with Gasteiger partial charge in [-0.15, -0.1) is 0 Å². The summed E-state index contributed by atoms with van der Waals surface area (Å²) in [6, 6.07) is 0. The van der Waals surface area contributed by atoms with Crippen LogP contribution < -0.4 is 0 Å². The summed E-state index contributed by atoms with van der Waals surface area (Å²) in [6.07, 6.45) is 30.4. The number of phosphoric acid groups is 1. The molecular formula is C25H39O7P. The summed E-state index contributed by atoms with van der Waals surface area (Å²) in [5.41, 5.74) is 0. The molecule has 0 bridgehead atoms. The van der Waals surface area contributed by atoms with E-state index in [1.807, 2.05) is 12.2 Å². The number of allylic oxidation sites excluding steroid dienone is 12. The minimum Gasteiger partial charge on any atom is -0.463 e. The fraction of sp³-hybridized carbons (Fsp3) is 0.480. The van der Waals surface area contributed by atoms with E-state index >= 15 is 0 Å². The summed E-state index contributed by atoms with van der Waals surface area (Å²) in [6.45, 7) is 1.15. The molecule has 33 heavy (non-hydrogen) atoms. The standard InChI is InChI=1S/C25H39O7P/c1-2-3-4-5-6-7-8-9-10-11-12-13-14-15-16-17-18-19-20-21-25(27)31-22-24(26)23-32-33(28,29)30/h3-4,6-7,9-10,12-13,15-16,18-19,24,26H,2,5,8,11,14,17,20-23H2,1H3,(H2,28,29,30)/b4-3-,7-6-,10-9-,13-12-,16-15-,19-18-/t24-/m1/s1. The summed E-state index contributed by atoms with van der Waals surface area (Å²) in [5.74, 6) is -0.496. The Morgan fingerprint density at radius 3 is 1.61 bits per heavy atom. The Morgan fingerprint density at radius 2 is 1.18 bits per heavy atom. The predicted octanol–water partition coefficient (Wildman–Crippen LogP) is 5.48. The van der Waals surface area contributed by atoms with Gasteiger partial charge in [0, 0.05) is 6.42 Å². The highest BCUT2D eigenvalue weighted by atomic mass is 31.2. The average molecular weight is 483 g/mol. The van der Waals surface area contributed by atoms with Crippen molar-refractivity contribution in [3.05, 3.63) is 72.9 Å². The predicted molar refractivity (Wildman–Crippen MR) is 132 cm³/mol. The number of carbonyl (C=O) groups excluding carboxylic acids is 1. The van der Waals surface area contributed by atoms with E-state index in [1.165, 1.54) is 0 Å². The highest BCUT2D eigenvalue weighted by Gasteiger charge is 2.17. The first-order valence-electron chi connectivity index (χ1n) is 11.3. The van der Waals surface area contributed by atoms with Gasteiger partial charge in [-0.25, -0.2) is 4.57 Å². The second-order valence-corrected chi connectivity index (χ2v) is 8.32. The number of rotatable bonds is 19. The normalized spacial score (nSPS) is 14.2. The molecule has 0 saturated heterocycles. The van der Waals surface area contributed by atoms with Crippen LogP contribution in [0.3, 0.4) is 0 Å². The highest BCUT2D eigenvalue weighted by molar-refractivity contribution is 7.46. The summed E-state index contributed by atoms with van der Waals surface area (Å²) >= 11 is 0. The molecule has 0 rings (SSSR count). The van der Waals surface area contributed by atoms with Crippen molar-refractivity contribution in [2.45, 2.75) is 64.4 Å². The molecule has 0 aromatic carbocycles. The highest BCUT2D eigenvalue weighted by Crippen LogP contribution is 2.35. The summed E-state index contributed by atoms with van der Waals surface area (Å²) in [5, 5.41) is 9.42. The molecule has 0 radical (unpaired) electrons. The first-order valence-corrected chi connectivity index (χ1v) is 12.8. The monoisotopic (exact) mass is 482 g/mol. The van der Waals surface area contributed by atoms with Gasteiger partial charge in [-0.05, 0) is 44.9 Å². The summed E-state index contributed by atoms with van der Waals surface area (Å²) in [7, 11) is -4.64. The van der Waals surface area contributed by atoms with E-state index in [1.54, 1.807) is 0 Å². The lowest BCUT2D eigenvalue weighted by Gasteiger charge is -2.11. The molecule has 8 heteroatoms. The minimum absolute atomic E-state index is 0.161. The molecule has 0 amide bonds. The van der Waals surface area contributed by atoms with Crippen LogP contribution in [0.25, 0.3) is 0 Å². The molecule has 0 aliphatic heterocycles. The molecule has 0 fully saturated rings. The van der Waals surface area contributed by atoms with Gasteiger partial charge in [0.2, 0.25) is 0 Å². The van der Waals surface area contributed by atoms with Crippen LogP contribution in [-0.2, 0) is 18.6 Å². The van der Waals surface area contributed by atoms with Crippen molar-refractivity contribution in [1.82, 2.24) is 0 Å². The maximum atomic E-state index is 11.5. The zero-order valence-electron chi connectivity index (χ0n) is 19.5. The Labute approximate surface area is 198 Å². The van der Waals surface area contributed by atoms with E-state index in [2.05, 4.69) is 72.2 Å². The van der Waals surface area contributed by atoms with Gasteiger partial charge in [-0.2, -0.15) is 0 Å². The van der Waals surface area contributed by atoms with Gasteiger partial charge in [0.05, 0.1) is 6.61 Å². The minimum atomic E-state index is -4.64. The summed E-state index contributed by atoms with van der Waals surface area (Å²) < 4.78 is 19.4.